The van der Waals surface area contributed by atoms with E-state index in [2.05, 4.69) is 160 Å². The van der Waals surface area contributed by atoms with Crippen LogP contribution in [-0.4, -0.2) is 20.9 Å². The molecule has 0 aliphatic carbocycles. The van der Waals surface area contributed by atoms with Gasteiger partial charge in [-0.3, -0.25) is 4.57 Å². The van der Waals surface area contributed by atoms with Crippen molar-refractivity contribution in [1.82, 2.24) is 14.0 Å². The van der Waals surface area contributed by atoms with Gasteiger partial charge in [-0.2, -0.15) is 0 Å². The molecule has 0 spiro atoms. The normalized spacial score (nSPS) is 13.9. The van der Waals surface area contributed by atoms with Gasteiger partial charge in [0.1, 0.15) is 5.82 Å². The molecule has 234 valence electrons. The van der Waals surface area contributed by atoms with Crippen molar-refractivity contribution >= 4 is 83.1 Å². The molecule has 0 fully saturated rings. The second-order valence-electron chi connectivity index (χ2n) is 16.4. The average molecular weight is 630 g/mol. The summed E-state index contributed by atoms with van der Waals surface area (Å²) in [5.41, 5.74) is 14.3. The molecule has 4 heteroatoms. The first-order chi connectivity index (χ1) is 23.6. The topological polar surface area (TPSA) is 22.8 Å². The molecule has 0 unspecified atom stereocenters. The summed E-state index contributed by atoms with van der Waals surface area (Å²) in [7, 11) is 0. The Labute approximate surface area is 285 Å². The molecule has 0 radical (unpaired) electrons. The summed E-state index contributed by atoms with van der Waals surface area (Å²) in [6.07, 6.45) is 0. The minimum Gasteiger partial charge on any atom is -0.375 e. The third kappa shape index (κ3) is 3.37. The molecule has 6 aromatic carbocycles. The van der Waals surface area contributed by atoms with Crippen molar-refractivity contribution in [3.8, 4) is 16.9 Å². The molecule has 5 heterocycles. The maximum Gasteiger partial charge on any atom is 0.334 e. The Morgan fingerprint density at radius 2 is 1.27 bits per heavy atom. The van der Waals surface area contributed by atoms with Gasteiger partial charge in [-0.1, -0.05) is 114 Å². The SMILES string of the molecule is CC(C)(C)c1ccc2c(c1)c1cc(C(C)(C)C)cc3c1n2B1c2cc4ccccc4nc2-n2c4ccccc4c4c5ccccc5c-3c1c42. The van der Waals surface area contributed by atoms with E-state index in [1.807, 2.05) is 0 Å². The van der Waals surface area contributed by atoms with Crippen LogP contribution in [0.3, 0.4) is 0 Å². The van der Waals surface area contributed by atoms with Crippen LogP contribution in [0.25, 0.3) is 82.2 Å². The highest BCUT2D eigenvalue weighted by Gasteiger charge is 2.43. The number of fused-ring (bicyclic) bond motifs is 15. The van der Waals surface area contributed by atoms with E-state index in [4.69, 9.17) is 4.98 Å². The summed E-state index contributed by atoms with van der Waals surface area (Å²) in [5.74, 6) is 1.04. The lowest BCUT2D eigenvalue weighted by Crippen LogP contribution is -2.55. The van der Waals surface area contributed by atoms with E-state index < -0.39 is 0 Å². The third-order valence-electron chi connectivity index (χ3n) is 11.5. The van der Waals surface area contributed by atoms with Crippen LogP contribution < -0.4 is 10.9 Å². The van der Waals surface area contributed by atoms with E-state index >= 15 is 0 Å². The van der Waals surface area contributed by atoms with Gasteiger partial charge in [0.25, 0.3) is 0 Å². The van der Waals surface area contributed by atoms with E-state index in [0.717, 1.165) is 11.3 Å². The Bertz CT molecular complexity index is 2960. The van der Waals surface area contributed by atoms with Crippen molar-refractivity contribution in [2.75, 3.05) is 0 Å². The van der Waals surface area contributed by atoms with Crippen LogP contribution in [0.5, 0.6) is 0 Å². The van der Waals surface area contributed by atoms with Gasteiger partial charge in [-0.15, -0.1) is 0 Å². The van der Waals surface area contributed by atoms with Gasteiger partial charge in [0.2, 0.25) is 0 Å². The van der Waals surface area contributed by atoms with Crippen LogP contribution in [0.15, 0.2) is 109 Å². The molecular formula is C45H36BN3. The molecule has 49 heavy (non-hydrogen) atoms. The van der Waals surface area contributed by atoms with Crippen molar-refractivity contribution in [3.05, 3.63) is 120 Å². The summed E-state index contributed by atoms with van der Waals surface area (Å²) in [6.45, 7) is 14.0. The van der Waals surface area contributed by atoms with Crippen LogP contribution >= 0.6 is 0 Å². The molecule has 0 bridgehead atoms. The smallest absolute Gasteiger partial charge is 0.334 e. The van der Waals surface area contributed by atoms with Crippen LogP contribution in [0.1, 0.15) is 52.7 Å². The first-order valence-corrected chi connectivity index (χ1v) is 17.6. The molecule has 0 atom stereocenters. The second-order valence-corrected chi connectivity index (χ2v) is 16.4. The number of aromatic nitrogens is 3. The molecule has 0 amide bonds. The van der Waals surface area contributed by atoms with Crippen molar-refractivity contribution in [3.63, 3.8) is 0 Å². The van der Waals surface area contributed by atoms with Gasteiger partial charge >= 0.3 is 6.85 Å². The molecule has 0 saturated carbocycles. The second kappa shape index (κ2) is 8.81. The fourth-order valence-corrected chi connectivity index (χ4v) is 9.19. The van der Waals surface area contributed by atoms with Crippen LogP contribution in [0.4, 0.5) is 0 Å². The monoisotopic (exact) mass is 629 g/mol. The molecule has 3 nitrogen and oxygen atoms in total. The van der Waals surface area contributed by atoms with Crippen LogP contribution in [-0.2, 0) is 10.8 Å². The van der Waals surface area contributed by atoms with Gasteiger partial charge < -0.3 is 4.48 Å². The summed E-state index contributed by atoms with van der Waals surface area (Å²) < 4.78 is 5.18. The van der Waals surface area contributed by atoms with Crippen LogP contribution in [0.2, 0.25) is 0 Å². The van der Waals surface area contributed by atoms with Gasteiger partial charge in [0, 0.05) is 38.1 Å². The van der Waals surface area contributed by atoms with Crippen molar-refractivity contribution in [1.29, 1.82) is 0 Å². The maximum absolute atomic E-state index is 5.52. The zero-order valence-electron chi connectivity index (χ0n) is 28.8. The predicted molar refractivity (Wildman–Crippen MR) is 210 cm³/mol. The first kappa shape index (κ1) is 27.6. The van der Waals surface area contributed by atoms with Gasteiger partial charge in [0.15, 0.2) is 0 Å². The molecule has 9 aromatic rings. The summed E-state index contributed by atoms with van der Waals surface area (Å²) in [5, 5.41) is 9.11. The summed E-state index contributed by atoms with van der Waals surface area (Å²) >= 11 is 0. The number of rotatable bonds is 0. The Morgan fingerprint density at radius 1 is 0.571 bits per heavy atom. The first-order valence-electron chi connectivity index (χ1n) is 17.6. The zero-order chi connectivity index (χ0) is 33.1. The van der Waals surface area contributed by atoms with E-state index in [9.17, 15) is 0 Å². The highest BCUT2D eigenvalue weighted by Crippen LogP contribution is 2.49. The van der Waals surface area contributed by atoms with Gasteiger partial charge in [-0.05, 0) is 91.0 Å². The Hall–Kier alpha value is -5.35. The highest BCUT2D eigenvalue weighted by atomic mass is 15.1. The predicted octanol–water partition coefficient (Wildman–Crippen LogP) is 10.1. The van der Waals surface area contributed by atoms with E-state index in [-0.39, 0.29) is 17.7 Å². The Morgan fingerprint density at radius 3 is 2.06 bits per heavy atom. The van der Waals surface area contributed by atoms with Gasteiger partial charge in [-0.25, -0.2) is 4.98 Å². The standard InChI is InChI=1S/C45H36BN3/c1-44(2,3)26-19-20-37-31(22-26)32-23-27(45(4,5)6)24-33-38-28-14-8-9-15-29(28)39-30-16-10-12-18-36(30)48-42(39)40(38)46(49(37)41(32)33)34-21-25-13-7-11-17-35(25)47-43(34)48/h7-24H,1-6H3. The molecular weight excluding hydrogens is 593 g/mol. The highest BCUT2D eigenvalue weighted by molar-refractivity contribution is 6.90. The molecule has 0 saturated heterocycles. The molecule has 3 aromatic heterocycles. The molecule has 11 rings (SSSR count). The fourth-order valence-electron chi connectivity index (χ4n) is 9.19. The lowest BCUT2D eigenvalue weighted by molar-refractivity contribution is 0.590. The Balaban J connectivity index is 1.46. The number of hydrogen-bond acceptors (Lipinski definition) is 1. The number of hydrogen-bond donors (Lipinski definition) is 0. The molecule has 0 N–H and O–H groups in total. The van der Waals surface area contributed by atoms with Crippen molar-refractivity contribution < 1.29 is 0 Å². The van der Waals surface area contributed by atoms with E-state index in [0.29, 0.717) is 0 Å². The van der Waals surface area contributed by atoms with E-state index in [1.54, 1.807) is 0 Å². The largest absolute Gasteiger partial charge is 0.375 e. The molecule has 2 aliphatic heterocycles. The average Bonchev–Trinajstić information content (AvgIpc) is 3.61. The van der Waals surface area contributed by atoms with Crippen molar-refractivity contribution in [2.24, 2.45) is 0 Å². The summed E-state index contributed by atoms with van der Waals surface area (Å²) in [4.78, 5) is 5.52. The lowest BCUT2D eigenvalue weighted by Gasteiger charge is -2.34. The number of benzene rings is 6. The lowest BCUT2D eigenvalue weighted by atomic mass is 9.45. The quantitative estimate of drug-likeness (QED) is 0.153. The fraction of sp³-hybridized carbons (Fsp3) is 0.178. The number of pyridine rings is 1. The maximum atomic E-state index is 5.52. The number of para-hydroxylation sites is 2. The zero-order valence-corrected chi connectivity index (χ0v) is 28.8. The number of nitrogens with zero attached hydrogens (tertiary/aromatic N) is 3. The van der Waals surface area contributed by atoms with Crippen molar-refractivity contribution in [2.45, 2.75) is 52.4 Å². The summed E-state index contributed by atoms with van der Waals surface area (Å²) in [6, 6.07) is 41.4. The van der Waals surface area contributed by atoms with Gasteiger partial charge in [0.05, 0.1) is 16.6 Å². The van der Waals surface area contributed by atoms with Crippen LogP contribution in [0, 0.1) is 0 Å². The van der Waals surface area contributed by atoms with E-state index in [1.165, 1.54) is 92.9 Å². The third-order valence-corrected chi connectivity index (χ3v) is 11.5. The Kier molecular flexibility index (Phi) is 4.96. The minimum absolute atomic E-state index is 0.0148. The minimum atomic E-state index is -0.0282. The molecule has 2 aliphatic rings.